The number of carbonyl (C=O) groups is 1. The van der Waals surface area contributed by atoms with Gasteiger partial charge in [0.15, 0.2) is 0 Å². The van der Waals surface area contributed by atoms with E-state index in [-0.39, 0.29) is 12.1 Å². The van der Waals surface area contributed by atoms with Gasteiger partial charge >= 0.3 is 6.03 Å². The van der Waals surface area contributed by atoms with E-state index >= 15 is 0 Å². The Balaban J connectivity index is 2.16. The van der Waals surface area contributed by atoms with Crippen molar-refractivity contribution in [2.45, 2.75) is 49.9 Å². The van der Waals surface area contributed by atoms with Gasteiger partial charge in [0.05, 0.1) is 0 Å². The molecule has 2 N–H and O–H groups in total. The average Bonchev–Trinajstić information content (AvgIpc) is 2.73. The van der Waals surface area contributed by atoms with Crippen LogP contribution in [0.25, 0.3) is 0 Å². The van der Waals surface area contributed by atoms with Crippen LogP contribution in [0.3, 0.4) is 0 Å². The van der Waals surface area contributed by atoms with E-state index in [0.717, 1.165) is 30.3 Å². The summed E-state index contributed by atoms with van der Waals surface area (Å²) in [6, 6.07) is 0.644. The molecule has 1 saturated carbocycles. The van der Waals surface area contributed by atoms with Crippen LogP contribution in [0.1, 0.15) is 32.6 Å². The molecule has 3 nitrogen and oxygen atoms in total. The van der Waals surface area contributed by atoms with E-state index < -0.39 is 0 Å². The lowest BCUT2D eigenvalue weighted by Crippen LogP contribution is -2.44. The topological polar surface area (TPSA) is 41.1 Å². The highest BCUT2D eigenvalue weighted by Gasteiger charge is 2.25. The quantitative estimate of drug-likeness (QED) is 0.784. The van der Waals surface area contributed by atoms with Crippen molar-refractivity contribution in [3.63, 3.8) is 0 Å². The molecule has 0 aromatic heterocycles. The molecule has 0 spiro atoms. The summed E-state index contributed by atoms with van der Waals surface area (Å²) in [4.78, 5) is 11.7. The van der Waals surface area contributed by atoms with Gasteiger partial charge in [-0.15, -0.1) is 0 Å². The molecule has 0 saturated heterocycles. The van der Waals surface area contributed by atoms with Crippen LogP contribution < -0.4 is 10.6 Å². The summed E-state index contributed by atoms with van der Waals surface area (Å²) in [5.74, 6) is 1.10. The monoisotopic (exact) mass is 276 g/mol. The molecule has 100 valence electrons. The molecular formula is C12H24N2OS2. The van der Waals surface area contributed by atoms with Crippen molar-refractivity contribution < 1.29 is 4.79 Å². The highest BCUT2D eigenvalue weighted by Crippen LogP contribution is 2.27. The SMILES string of the molecule is CSCC[C@H](C)NC(=O)N[C@H]1CC[C@@H](SC)C1. The third-order valence-electron chi connectivity index (χ3n) is 3.19. The molecule has 0 unspecified atom stereocenters. The summed E-state index contributed by atoms with van der Waals surface area (Å²) < 4.78 is 0. The average molecular weight is 276 g/mol. The molecule has 2 amide bonds. The first kappa shape index (κ1) is 15.0. The maximum Gasteiger partial charge on any atom is 0.315 e. The molecule has 0 radical (unpaired) electrons. The number of hydrogen-bond donors (Lipinski definition) is 2. The molecule has 1 rings (SSSR count). The molecular weight excluding hydrogens is 252 g/mol. The maximum atomic E-state index is 11.7. The Bertz CT molecular complexity index is 239. The van der Waals surface area contributed by atoms with Crippen LogP contribution in [0.15, 0.2) is 0 Å². The molecule has 5 heteroatoms. The van der Waals surface area contributed by atoms with Crippen LogP contribution in [0.4, 0.5) is 4.79 Å². The van der Waals surface area contributed by atoms with Crippen molar-refractivity contribution in [2.24, 2.45) is 0 Å². The zero-order valence-electron chi connectivity index (χ0n) is 11.0. The minimum atomic E-state index is 0.00496. The highest BCUT2D eigenvalue weighted by molar-refractivity contribution is 7.99. The molecule has 0 aromatic carbocycles. The Morgan fingerprint density at radius 2 is 2.18 bits per heavy atom. The van der Waals surface area contributed by atoms with Crippen LogP contribution in [-0.2, 0) is 0 Å². The van der Waals surface area contributed by atoms with E-state index in [2.05, 4.69) is 30.1 Å². The van der Waals surface area contributed by atoms with E-state index in [4.69, 9.17) is 0 Å². The highest BCUT2D eigenvalue weighted by atomic mass is 32.2. The first-order valence-corrected chi connectivity index (χ1v) is 8.92. The van der Waals surface area contributed by atoms with E-state index in [9.17, 15) is 4.79 Å². The number of carbonyl (C=O) groups excluding carboxylic acids is 1. The van der Waals surface area contributed by atoms with Gasteiger partial charge in [0.2, 0.25) is 0 Å². The summed E-state index contributed by atoms with van der Waals surface area (Å²) in [6.45, 7) is 2.06. The fraction of sp³-hybridized carbons (Fsp3) is 0.917. The van der Waals surface area contributed by atoms with E-state index in [1.807, 2.05) is 23.5 Å². The Kier molecular flexibility index (Phi) is 7.19. The minimum Gasteiger partial charge on any atom is -0.336 e. The van der Waals surface area contributed by atoms with Gasteiger partial charge in [0.25, 0.3) is 0 Å². The smallest absolute Gasteiger partial charge is 0.315 e. The van der Waals surface area contributed by atoms with E-state index in [1.54, 1.807) is 0 Å². The first-order valence-electron chi connectivity index (χ1n) is 6.24. The third-order valence-corrected chi connectivity index (χ3v) is 4.92. The number of urea groups is 1. The molecule has 0 heterocycles. The molecule has 0 aromatic rings. The number of rotatable bonds is 6. The van der Waals surface area contributed by atoms with Crippen molar-refractivity contribution in [1.29, 1.82) is 0 Å². The summed E-state index contributed by atoms with van der Waals surface area (Å²) in [5, 5.41) is 6.82. The van der Waals surface area contributed by atoms with E-state index in [0.29, 0.717) is 6.04 Å². The van der Waals surface area contributed by atoms with Crippen LogP contribution in [0.5, 0.6) is 0 Å². The second-order valence-corrected chi connectivity index (χ2v) is 6.79. The van der Waals surface area contributed by atoms with Gasteiger partial charge in [-0.25, -0.2) is 4.79 Å². The molecule has 0 aliphatic heterocycles. The van der Waals surface area contributed by atoms with Crippen LogP contribution >= 0.6 is 23.5 Å². The summed E-state index contributed by atoms with van der Waals surface area (Å²) >= 11 is 3.73. The predicted molar refractivity (Wildman–Crippen MR) is 79.1 cm³/mol. The Morgan fingerprint density at radius 1 is 1.41 bits per heavy atom. The number of hydrogen-bond acceptors (Lipinski definition) is 3. The summed E-state index contributed by atoms with van der Waals surface area (Å²) in [5.41, 5.74) is 0. The van der Waals surface area contributed by atoms with Crippen molar-refractivity contribution in [2.75, 3.05) is 18.3 Å². The van der Waals surface area contributed by atoms with E-state index in [1.165, 1.54) is 6.42 Å². The van der Waals surface area contributed by atoms with Crippen LogP contribution in [-0.4, -0.2) is 41.6 Å². The second-order valence-electron chi connectivity index (χ2n) is 4.67. The predicted octanol–water partition coefficient (Wildman–Crippen LogP) is 2.71. The van der Waals surface area contributed by atoms with Crippen molar-refractivity contribution >= 4 is 29.6 Å². The molecule has 1 fully saturated rings. The third kappa shape index (κ3) is 5.91. The van der Waals surface area contributed by atoms with Gasteiger partial charge in [-0.05, 0) is 50.9 Å². The largest absolute Gasteiger partial charge is 0.336 e. The minimum absolute atomic E-state index is 0.00496. The van der Waals surface area contributed by atoms with Gasteiger partial charge in [-0.3, -0.25) is 0 Å². The molecule has 1 aliphatic carbocycles. The molecule has 3 atom stereocenters. The van der Waals surface area contributed by atoms with Gasteiger partial charge < -0.3 is 10.6 Å². The van der Waals surface area contributed by atoms with Crippen LogP contribution in [0.2, 0.25) is 0 Å². The van der Waals surface area contributed by atoms with Gasteiger partial charge in [-0.1, -0.05) is 0 Å². The van der Waals surface area contributed by atoms with Gasteiger partial charge in [0, 0.05) is 17.3 Å². The Hall–Kier alpha value is -0.0300. The lowest BCUT2D eigenvalue weighted by molar-refractivity contribution is 0.234. The number of nitrogens with one attached hydrogen (secondary N) is 2. The molecule has 0 bridgehead atoms. The lowest BCUT2D eigenvalue weighted by Gasteiger charge is -2.17. The van der Waals surface area contributed by atoms with Crippen molar-refractivity contribution in [3.05, 3.63) is 0 Å². The van der Waals surface area contributed by atoms with Crippen molar-refractivity contribution in [1.82, 2.24) is 10.6 Å². The summed E-state index contributed by atoms with van der Waals surface area (Å²) in [6.07, 6.45) is 8.75. The number of thioether (sulfide) groups is 2. The fourth-order valence-electron chi connectivity index (χ4n) is 2.10. The standard InChI is InChI=1S/C12H24N2OS2/c1-9(6-7-16-2)13-12(15)14-10-4-5-11(8-10)17-3/h9-11H,4-8H2,1-3H3,(H2,13,14,15)/t9-,10-,11+/m0/s1. The lowest BCUT2D eigenvalue weighted by atomic mass is 10.2. The number of amides is 2. The molecule has 1 aliphatic rings. The normalized spacial score (nSPS) is 25.6. The fourth-order valence-corrected chi connectivity index (χ4v) is 3.49. The van der Waals surface area contributed by atoms with Crippen LogP contribution in [0, 0.1) is 0 Å². The zero-order chi connectivity index (χ0) is 12.7. The van der Waals surface area contributed by atoms with Gasteiger partial charge in [0.1, 0.15) is 0 Å². The zero-order valence-corrected chi connectivity index (χ0v) is 12.6. The van der Waals surface area contributed by atoms with Crippen molar-refractivity contribution in [3.8, 4) is 0 Å². The Labute approximate surface area is 113 Å². The first-order chi connectivity index (χ1) is 8.15. The Morgan fingerprint density at radius 3 is 2.76 bits per heavy atom. The maximum absolute atomic E-state index is 11.7. The summed E-state index contributed by atoms with van der Waals surface area (Å²) in [7, 11) is 0. The second kappa shape index (κ2) is 8.14. The molecule has 17 heavy (non-hydrogen) atoms. The van der Waals surface area contributed by atoms with Gasteiger partial charge in [-0.2, -0.15) is 23.5 Å².